The summed E-state index contributed by atoms with van der Waals surface area (Å²) in [5.41, 5.74) is 6.30. The molecule has 1 aromatic carbocycles. The van der Waals surface area contributed by atoms with E-state index in [9.17, 15) is 9.59 Å². The van der Waals surface area contributed by atoms with Gasteiger partial charge in [0.05, 0.1) is 5.52 Å². The number of piperidine rings is 1. The summed E-state index contributed by atoms with van der Waals surface area (Å²) in [6, 6.07) is 9.62. The fourth-order valence-electron chi connectivity index (χ4n) is 5.05. The van der Waals surface area contributed by atoms with E-state index in [0.29, 0.717) is 24.4 Å². The van der Waals surface area contributed by atoms with Gasteiger partial charge in [-0.15, -0.1) is 0 Å². The van der Waals surface area contributed by atoms with Crippen LogP contribution >= 0.6 is 0 Å². The van der Waals surface area contributed by atoms with E-state index < -0.39 is 0 Å². The van der Waals surface area contributed by atoms with Crippen molar-refractivity contribution in [1.29, 1.82) is 0 Å². The molecule has 3 aliphatic rings. The second kappa shape index (κ2) is 7.73. The van der Waals surface area contributed by atoms with Gasteiger partial charge in [-0.3, -0.25) is 9.59 Å². The van der Waals surface area contributed by atoms with Crippen LogP contribution < -0.4 is 16.1 Å². The molecule has 33 heavy (non-hydrogen) atoms. The average Bonchev–Trinajstić information content (AvgIpc) is 3.23. The Kier molecular flexibility index (Phi) is 5.08. The van der Waals surface area contributed by atoms with Crippen molar-refractivity contribution < 1.29 is 9.59 Å². The Hall–Kier alpha value is -3.13. The fraction of sp³-hybridized carbons (Fsp3) is 0.480. The lowest BCUT2D eigenvalue weighted by molar-refractivity contribution is -0.121. The number of nitrogens with one attached hydrogen (secondary N) is 3. The molecule has 5 rings (SSSR count). The Balaban J connectivity index is 1.28. The molecule has 8 nitrogen and oxygen atoms in total. The quantitative estimate of drug-likeness (QED) is 0.655. The first-order chi connectivity index (χ1) is 15.7. The predicted molar refractivity (Wildman–Crippen MR) is 129 cm³/mol. The number of benzene rings is 1. The smallest absolute Gasteiger partial charge is 0.269 e. The highest BCUT2D eigenvalue weighted by Gasteiger charge is 2.45. The number of pyridine rings is 1. The first-order valence-electron chi connectivity index (χ1n) is 11.6. The van der Waals surface area contributed by atoms with Gasteiger partial charge >= 0.3 is 0 Å². The standard InChI is InChI=1S/C25H32N6O2/c1-24(2,3)31-15-18-14-25(28-22(32)21(18)29-31)9-11-30(12-10-25)23(33)17-6-5-16-7-8-20(26-4)27-19(16)13-17/h5-8,13,29H,9-12,14-15H2,1-4H3,(H,26,27)(H,28,32). The molecule has 1 aromatic heterocycles. The molecule has 8 heteroatoms. The molecule has 0 unspecified atom stereocenters. The van der Waals surface area contributed by atoms with Crippen LogP contribution in [0.4, 0.5) is 5.82 Å². The van der Waals surface area contributed by atoms with Gasteiger partial charge in [0.25, 0.3) is 11.8 Å². The highest BCUT2D eigenvalue weighted by molar-refractivity contribution is 5.98. The zero-order valence-electron chi connectivity index (χ0n) is 19.8. The maximum atomic E-state index is 13.2. The third-order valence-corrected chi connectivity index (χ3v) is 7.12. The lowest BCUT2D eigenvalue weighted by Gasteiger charge is -2.44. The number of carbonyl (C=O) groups is 2. The lowest BCUT2D eigenvalue weighted by Crippen LogP contribution is -2.59. The second-order valence-corrected chi connectivity index (χ2v) is 10.4. The number of aromatic nitrogens is 1. The normalized spacial score (nSPS) is 20.6. The molecule has 0 aliphatic carbocycles. The maximum absolute atomic E-state index is 13.2. The van der Waals surface area contributed by atoms with Gasteiger partial charge in [-0.1, -0.05) is 6.07 Å². The van der Waals surface area contributed by atoms with E-state index in [-0.39, 0.29) is 22.9 Å². The SMILES string of the molecule is CNc1ccc2ccc(C(=O)N3CCC4(CC3)CC3=C(NN(C(C)(C)C)C3)C(=O)N4)cc2n1. The number of anilines is 1. The van der Waals surface area contributed by atoms with Crippen molar-refractivity contribution in [2.75, 3.05) is 32.0 Å². The summed E-state index contributed by atoms with van der Waals surface area (Å²) in [7, 11) is 1.83. The molecular formula is C25H32N6O2. The molecule has 174 valence electrons. The minimum Gasteiger partial charge on any atom is -0.373 e. The number of hydrogen-bond acceptors (Lipinski definition) is 6. The minimum absolute atomic E-state index is 0.0203. The number of rotatable bonds is 2. The van der Waals surface area contributed by atoms with Gasteiger partial charge in [0.1, 0.15) is 11.5 Å². The van der Waals surface area contributed by atoms with Crippen LogP contribution in [-0.2, 0) is 4.79 Å². The van der Waals surface area contributed by atoms with E-state index in [0.717, 1.165) is 42.5 Å². The number of hydrogen-bond donors (Lipinski definition) is 3. The van der Waals surface area contributed by atoms with Crippen LogP contribution in [0, 0.1) is 0 Å². The monoisotopic (exact) mass is 448 g/mol. The molecule has 3 aliphatic heterocycles. The molecule has 0 saturated carbocycles. The van der Waals surface area contributed by atoms with Gasteiger partial charge in [0.15, 0.2) is 0 Å². The van der Waals surface area contributed by atoms with Gasteiger partial charge in [-0.05, 0) is 69.9 Å². The molecule has 0 atom stereocenters. The van der Waals surface area contributed by atoms with E-state index >= 15 is 0 Å². The molecule has 4 heterocycles. The van der Waals surface area contributed by atoms with E-state index in [4.69, 9.17) is 0 Å². The maximum Gasteiger partial charge on any atom is 0.269 e. The van der Waals surface area contributed by atoms with Crippen LogP contribution in [0.1, 0.15) is 50.4 Å². The Labute approximate surface area is 194 Å². The first kappa shape index (κ1) is 21.7. The van der Waals surface area contributed by atoms with Crippen molar-refractivity contribution in [3.63, 3.8) is 0 Å². The highest BCUT2D eigenvalue weighted by Crippen LogP contribution is 2.37. The van der Waals surface area contributed by atoms with Gasteiger partial charge in [-0.25, -0.2) is 9.99 Å². The van der Waals surface area contributed by atoms with Crippen molar-refractivity contribution in [3.8, 4) is 0 Å². The van der Waals surface area contributed by atoms with Gasteiger partial charge in [-0.2, -0.15) is 0 Å². The summed E-state index contributed by atoms with van der Waals surface area (Å²) in [6.45, 7) is 8.42. The van der Waals surface area contributed by atoms with E-state index in [2.05, 4.69) is 46.8 Å². The van der Waals surface area contributed by atoms with Crippen LogP contribution in [0.2, 0.25) is 0 Å². The number of amides is 2. The van der Waals surface area contributed by atoms with Crippen molar-refractivity contribution >= 4 is 28.5 Å². The summed E-state index contributed by atoms with van der Waals surface area (Å²) in [4.78, 5) is 32.6. The number of nitrogens with zero attached hydrogens (tertiary/aromatic N) is 3. The topological polar surface area (TPSA) is 89.6 Å². The zero-order chi connectivity index (χ0) is 23.4. The third-order valence-electron chi connectivity index (χ3n) is 7.12. The second-order valence-electron chi connectivity index (χ2n) is 10.4. The molecular weight excluding hydrogens is 416 g/mol. The molecule has 2 amide bonds. The van der Waals surface area contributed by atoms with Crippen LogP contribution in [0.25, 0.3) is 10.9 Å². The van der Waals surface area contributed by atoms with Crippen LogP contribution in [0.3, 0.4) is 0 Å². The fourth-order valence-corrected chi connectivity index (χ4v) is 5.05. The van der Waals surface area contributed by atoms with Crippen molar-refractivity contribution in [1.82, 2.24) is 25.6 Å². The number of fused-ring (bicyclic) bond motifs is 1. The summed E-state index contributed by atoms with van der Waals surface area (Å²) < 4.78 is 0. The van der Waals surface area contributed by atoms with Crippen molar-refractivity contribution in [3.05, 3.63) is 47.2 Å². The molecule has 0 radical (unpaired) electrons. The number of likely N-dealkylation sites (tertiary alicyclic amines) is 1. The predicted octanol–water partition coefficient (Wildman–Crippen LogP) is 2.64. The molecule has 1 spiro atoms. The largest absolute Gasteiger partial charge is 0.373 e. The molecule has 1 fully saturated rings. The van der Waals surface area contributed by atoms with Gasteiger partial charge < -0.3 is 21.0 Å². The summed E-state index contributed by atoms with van der Waals surface area (Å²) in [6.07, 6.45) is 2.35. The molecule has 0 bridgehead atoms. The minimum atomic E-state index is -0.269. The summed E-state index contributed by atoms with van der Waals surface area (Å²) in [5.74, 6) is 0.774. The Morgan fingerprint density at radius 2 is 1.88 bits per heavy atom. The van der Waals surface area contributed by atoms with Gasteiger partial charge in [0, 0.05) is 48.7 Å². The Morgan fingerprint density at radius 1 is 1.15 bits per heavy atom. The third kappa shape index (κ3) is 3.93. The van der Waals surface area contributed by atoms with Crippen LogP contribution in [0.15, 0.2) is 41.6 Å². The Bertz CT molecular complexity index is 1160. The molecule has 1 saturated heterocycles. The van der Waals surface area contributed by atoms with Crippen LogP contribution in [0.5, 0.6) is 0 Å². The van der Waals surface area contributed by atoms with Crippen molar-refractivity contribution in [2.45, 2.75) is 51.1 Å². The van der Waals surface area contributed by atoms with E-state index in [1.807, 2.05) is 42.3 Å². The molecule has 3 N–H and O–H groups in total. The highest BCUT2D eigenvalue weighted by atomic mass is 16.2. The van der Waals surface area contributed by atoms with Gasteiger partial charge in [0.2, 0.25) is 0 Å². The zero-order valence-corrected chi connectivity index (χ0v) is 19.8. The summed E-state index contributed by atoms with van der Waals surface area (Å²) in [5, 5.41) is 9.45. The van der Waals surface area contributed by atoms with Crippen LogP contribution in [-0.4, -0.2) is 64.5 Å². The molecule has 2 aromatic rings. The van der Waals surface area contributed by atoms with E-state index in [1.165, 1.54) is 5.57 Å². The number of hydrazine groups is 1. The van der Waals surface area contributed by atoms with E-state index in [1.54, 1.807) is 0 Å². The Morgan fingerprint density at radius 3 is 2.58 bits per heavy atom. The lowest BCUT2D eigenvalue weighted by atomic mass is 9.78. The first-order valence-corrected chi connectivity index (χ1v) is 11.6. The summed E-state index contributed by atoms with van der Waals surface area (Å²) >= 11 is 0. The average molecular weight is 449 g/mol. The number of carbonyl (C=O) groups excluding carboxylic acids is 2. The van der Waals surface area contributed by atoms with Crippen molar-refractivity contribution in [2.24, 2.45) is 0 Å².